The van der Waals surface area contributed by atoms with Gasteiger partial charge in [-0.15, -0.1) is 5.10 Å². The molecule has 0 atom stereocenters. The van der Waals surface area contributed by atoms with E-state index in [4.69, 9.17) is 0 Å². The summed E-state index contributed by atoms with van der Waals surface area (Å²) in [6.07, 6.45) is 7.26. The van der Waals surface area contributed by atoms with Crippen LogP contribution in [-0.4, -0.2) is 31.7 Å². The van der Waals surface area contributed by atoms with E-state index in [9.17, 15) is 4.79 Å². The van der Waals surface area contributed by atoms with E-state index in [0.29, 0.717) is 11.4 Å². The lowest BCUT2D eigenvalue weighted by Gasteiger charge is -2.13. The molecule has 1 aliphatic carbocycles. The molecule has 0 fully saturated rings. The summed E-state index contributed by atoms with van der Waals surface area (Å²) in [6, 6.07) is 0. The molecule has 89 valence electrons. The maximum Gasteiger partial charge on any atom is 0.166 e. The van der Waals surface area contributed by atoms with Crippen molar-refractivity contribution in [2.75, 3.05) is 0 Å². The van der Waals surface area contributed by atoms with Gasteiger partial charge in [-0.3, -0.25) is 9.79 Å². The fourth-order valence-electron chi connectivity index (χ4n) is 1.96. The van der Waals surface area contributed by atoms with Crippen LogP contribution in [0.5, 0.6) is 0 Å². The molecule has 0 saturated heterocycles. The predicted molar refractivity (Wildman–Crippen MR) is 64.6 cm³/mol. The van der Waals surface area contributed by atoms with Gasteiger partial charge in [0, 0.05) is 24.4 Å². The van der Waals surface area contributed by atoms with E-state index in [-0.39, 0.29) is 5.78 Å². The number of aromatic nitrogens is 4. The average Bonchev–Trinajstić information content (AvgIpc) is 2.93. The Morgan fingerprint density at radius 2 is 2.17 bits per heavy atom. The van der Waals surface area contributed by atoms with E-state index in [0.717, 1.165) is 17.2 Å². The van der Waals surface area contributed by atoms with Crippen molar-refractivity contribution in [1.82, 2.24) is 20.2 Å². The molecule has 0 bridgehead atoms. The second-order valence-corrected chi connectivity index (χ2v) is 4.09. The number of aliphatic imine (C=N–C) groups is 1. The molecule has 18 heavy (non-hydrogen) atoms. The topological polar surface area (TPSA) is 73.0 Å². The van der Waals surface area contributed by atoms with Crippen molar-refractivity contribution in [3.05, 3.63) is 47.3 Å². The summed E-state index contributed by atoms with van der Waals surface area (Å²) in [6.45, 7) is 1.53. The van der Waals surface area contributed by atoms with Crippen LogP contribution in [0.15, 0.2) is 40.6 Å². The minimum Gasteiger partial charge on any atom is -0.294 e. The van der Waals surface area contributed by atoms with Crippen LogP contribution in [0.2, 0.25) is 0 Å². The summed E-state index contributed by atoms with van der Waals surface area (Å²) < 4.78 is 1.59. The Bertz CT molecular complexity index is 647. The van der Waals surface area contributed by atoms with Gasteiger partial charge >= 0.3 is 0 Å². The Kier molecular flexibility index (Phi) is 2.29. The molecule has 0 saturated carbocycles. The fourth-order valence-corrected chi connectivity index (χ4v) is 1.96. The van der Waals surface area contributed by atoms with Crippen LogP contribution in [-0.2, 0) is 11.8 Å². The molecule has 2 aliphatic rings. The Hall–Kier alpha value is -2.37. The molecule has 3 rings (SSSR count). The van der Waals surface area contributed by atoms with E-state index in [1.807, 2.05) is 18.2 Å². The first-order chi connectivity index (χ1) is 8.66. The van der Waals surface area contributed by atoms with Gasteiger partial charge in [-0.05, 0) is 23.4 Å². The van der Waals surface area contributed by atoms with Gasteiger partial charge in [0.05, 0.1) is 11.6 Å². The quantitative estimate of drug-likeness (QED) is 0.757. The van der Waals surface area contributed by atoms with Crippen molar-refractivity contribution >= 4 is 11.5 Å². The number of aryl methyl sites for hydroxylation is 1. The van der Waals surface area contributed by atoms with Gasteiger partial charge < -0.3 is 0 Å². The van der Waals surface area contributed by atoms with Crippen molar-refractivity contribution in [1.29, 1.82) is 0 Å². The van der Waals surface area contributed by atoms with Gasteiger partial charge in [-0.1, -0.05) is 12.2 Å². The molecule has 0 aromatic carbocycles. The first kappa shape index (κ1) is 10.8. The number of hydrogen-bond donors (Lipinski definition) is 0. The second-order valence-electron chi connectivity index (χ2n) is 4.09. The lowest BCUT2D eigenvalue weighted by molar-refractivity contribution is -0.113. The number of carbonyl (C=O) groups is 1. The molecule has 0 amide bonds. The summed E-state index contributed by atoms with van der Waals surface area (Å²) in [5.41, 5.74) is 2.27. The molecule has 2 heterocycles. The molecular weight excluding hydrogens is 230 g/mol. The lowest BCUT2D eigenvalue weighted by Crippen LogP contribution is -2.13. The van der Waals surface area contributed by atoms with Gasteiger partial charge in [-0.25, -0.2) is 4.68 Å². The Labute approximate surface area is 103 Å². The monoisotopic (exact) mass is 240 g/mol. The maximum atomic E-state index is 11.5. The zero-order chi connectivity index (χ0) is 12.7. The maximum absolute atomic E-state index is 11.5. The fraction of sp³-hybridized carbons (Fsp3) is 0.167. The summed E-state index contributed by atoms with van der Waals surface area (Å²) in [5, 5.41) is 11.3. The highest BCUT2D eigenvalue weighted by atomic mass is 16.1. The molecule has 6 nitrogen and oxygen atoms in total. The number of carbonyl (C=O) groups excluding carboxylic acids is 1. The highest BCUT2D eigenvalue weighted by Gasteiger charge is 2.26. The second kappa shape index (κ2) is 3.83. The summed E-state index contributed by atoms with van der Waals surface area (Å²) in [5.74, 6) is 1.53. The Balaban J connectivity index is 2.01. The van der Waals surface area contributed by atoms with Crippen molar-refractivity contribution < 1.29 is 4.79 Å². The van der Waals surface area contributed by atoms with Crippen molar-refractivity contribution in [2.45, 2.75) is 6.92 Å². The van der Waals surface area contributed by atoms with Crippen molar-refractivity contribution in [3.8, 4) is 0 Å². The predicted octanol–water partition coefficient (Wildman–Crippen LogP) is 0.556. The van der Waals surface area contributed by atoms with Gasteiger partial charge in [0.25, 0.3) is 0 Å². The largest absolute Gasteiger partial charge is 0.294 e. The van der Waals surface area contributed by atoms with Crippen LogP contribution in [0.1, 0.15) is 12.7 Å². The first-order valence-corrected chi connectivity index (χ1v) is 5.46. The van der Waals surface area contributed by atoms with Crippen LogP contribution < -0.4 is 0 Å². The van der Waals surface area contributed by atoms with E-state index in [2.05, 4.69) is 20.5 Å². The minimum atomic E-state index is 0.00532. The van der Waals surface area contributed by atoms with Gasteiger partial charge in [0.15, 0.2) is 11.6 Å². The third kappa shape index (κ3) is 1.54. The third-order valence-electron chi connectivity index (χ3n) is 2.88. The number of fused-ring (bicyclic) bond motifs is 1. The van der Waals surface area contributed by atoms with Crippen molar-refractivity contribution in [2.24, 2.45) is 12.0 Å². The normalized spacial score (nSPS) is 18.2. The number of ketones is 1. The van der Waals surface area contributed by atoms with Crippen LogP contribution >= 0.6 is 0 Å². The van der Waals surface area contributed by atoms with Crippen LogP contribution in [0.25, 0.3) is 0 Å². The highest BCUT2D eigenvalue weighted by molar-refractivity contribution is 6.22. The van der Waals surface area contributed by atoms with E-state index in [1.54, 1.807) is 17.9 Å². The molecule has 1 aromatic rings. The van der Waals surface area contributed by atoms with E-state index < -0.39 is 0 Å². The molecular formula is C12H10N5O. The highest BCUT2D eigenvalue weighted by Crippen LogP contribution is 2.29. The Morgan fingerprint density at radius 3 is 2.83 bits per heavy atom. The number of allylic oxidation sites excluding steroid dienone is 5. The van der Waals surface area contributed by atoms with Crippen LogP contribution in [0.4, 0.5) is 0 Å². The average molecular weight is 240 g/mol. The molecule has 0 unspecified atom stereocenters. The molecule has 1 aliphatic heterocycles. The zero-order valence-electron chi connectivity index (χ0n) is 9.95. The molecule has 0 N–H and O–H groups in total. The SMILES string of the molecule is CC(=O)C1=CN=C2C=C[C](c3nnnn3C)C=C12. The van der Waals surface area contributed by atoms with E-state index in [1.165, 1.54) is 6.92 Å². The van der Waals surface area contributed by atoms with Gasteiger partial charge in [0.2, 0.25) is 0 Å². The first-order valence-electron chi connectivity index (χ1n) is 5.46. The molecule has 6 heteroatoms. The van der Waals surface area contributed by atoms with E-state index >= 15 is 0 Å². The van der Waals surface area contributed by atoms with Crippen LogP contribution in [0, 0.1) is 5.92 Å². The number of nitrogens with zero attached hydrogens (tertiary/aromatic N) is 5. The minimum absolute atomic E-state index is 0.00532. The number of tetrazole rings is 1. The number of rotatable bonds is 2. The van der Waals surface area contributed by atoms with Crippen LogP contribution in [0.3, 0.4) is 0 Å². The van der Waals surface area contributed by atoms with Gasteiger partial charge in [0.1, 0.15) is 0 Å². The number of Topliss-reactive ketones (excluding diaryl/α,β-unsaturated/α-hetero) is 1. The zero-order valence-corrected chi connectivity index (χ0v) is 9.95. The summed E-state index contributed by atoms with van der Waals surface area (Å²) >= 11 is 0. The van der Waals surface area contributed by atoms with Crippen molar-refractivity contribution in [3.63, 3.8) is 0 Å². The smallest absolute Gasteiger partial charge is 0.166 e. The Morgan fingerprint density at radius 1 is 1.33 bits per heavy atom. The molecule has 1 radical (unpaired) electrons. The molecule has 0 spiro atoms. The standard InChI is InChI=1S/C12H10N5O/c1-7(18)10-6-13-11-4-3-8(5-9(10)11)12-14-15-16-17(12)2/h3-6H,1-2H3. The summed E-state index contributed by atoms with van der Waals surface area (Å²) in [7, 11) is 1.77. The van der Waals surface area contributed by atoms with Gasteiger partial charge in [-0.2, -0.15) is 0 Å². The third-order valence-corrected chi connectivity index (χ3v) is 2.88. The summed E-state index contributed by atoms with van der Waals surface area (Å²) in [4.78, 5) is 15.7. The lowest BCUT2D eigenvalue weighted by atomic mass is 9.90. The number of hydrogen-bond acceptors (Lipinski definition) is 5. The molecule has 1 aromatic heterocycles.